The second-order valence-corrected chi connectivity index (χ2v) is 11.7. The minimum atomic E-state index is -3.54. The number of benzene rings is 1. The maximum absolute atomic E-state index is 12.8. The third kappa shape index (κ3) is 5.44. The average molecular weight is 522 g/mol. The second-order valence-electron chi connectivity index (χ2n) is 8.09. The van der Waals surface area contributed by atoms with Crippen LogP contribution in [0.1, 0.15) is 9.67 Å². The number of fused-ring (bicyclic) bond motifs is 1. The molecule has 3 aromatic rings. The fraction of sp³-hybridized carbons (Fsp3) is 0.381. The number of nitrogens with one attached hydrogen (secondary N) is 1. The molecular formula is C21H27N7O3S3. The van der Waals surface area contributed by atoms with E-state index in [-0.39, 0.29) is 16.3 Å². The zero-order valence-corrected chi connectivity index (χ0v) is 21.4. The monoisotopic (exact) mass is 521 g/mol. The van der Waals surface area contributed by atoms with Crippen LogP contribution in [-0.2, 0) is 10.0 Å². The van der Waals surface area contributed by atoms with Crippen LogP contribution < -0.4 is 16.2 Å². The fourth-order valence-electron chi connectivity index (χ4n) is 3.77. The topological polar surface area (TPSA) is 148 Å². The van der Waals surface area contributed by atoms with Crippen molar-refractivity contribution < 1.29 is 13.2 Å². The van der Waals surface area contributed by atoms with Gasteiger partial charge in [-0.3, -0.25) is 14.4 Å². The first-order valence-corrected chi connectivity index (χ1v) is 14.3. The summed E-state index contributed by atoms with van der Waals surface area (Å²) in [6.45, 7) is 4.07. The zero-order chi connectivity index (χ0) is 24.5. The molecular weight excluding hydrogens is 494 g/mol. The van der Waals surface area contributed by atoms with Crippen LogP contribution in [0.2, 0.25) is 0 Å². The van der Waals surface area contributed by atoms with E-state index < -0.39 is 15.9 Å². The number of thioether (sulfide) groups is 1. The minimum absolute atomic E-state index is 0.00870. The van der Waals surface area contributed by atoms with Crippen molar-refractivity contribution in [2.75, 3.05) is 62.2 Å². The number of sulfonamides is 1. The summed E-state index contributed by atoms with van der Waals surface area (Å²) in [5.41, 5.74) is 13.5. The number of likely N-dealkylation sites (N-methyl/N-ethyl adjacent to an activating group) is 1. The van der Waals surface area contributed by atoms with Gasteiger partial charge in [0.2, 0.25) is 10.0 Å². The van der Waals surface area contributed by atoms with Crippen molar-refractivity contribution in [1.82, 2.24) is 19.8 Å². The van der Waals surface area contributed by atoms with Crippen molar-refractivity contribution in [3.8, 4) is 11.3 Å². The molecule has 1 aromatic carbocycles. The Kier molecular flexibility index (Phi) is 7.28. The van der Waals surface area contributed by atoms with E-state index >= 15 is 0 Å². The van der Waals surface area contributed by atoms with Crippen molar-refractivity contribution in [3.63, 3.8) is 0 Å². The van der Waals surface area contributed by atoms with Crippen LogP contribution in [0.4, 0.5) is 11.4 Å². The van der Waals surface area contributed by atoms with Crippen LogP contribution in [0.25, 0.3) is 21.5 Å². The first-order valence-electron chi connectivity index (χ1n) is 10.6. The molecule has 13 heteroatoms. The Morgan fingerprint density at radius 1 is 1.24 bits per heavy atom. The van der Waals surface area contributed by atoms with E-state index in [1.54, 1.807) is 18.2 Å². The smallest absolute Gasteiger partial charge is 0.260 e. The van der Waals surface area contributed by atoms with E-state index in [0.29, 0.717) is 38.9 Å². The van der Waals surface area contributed by atoms with E-state index in [9.17, 15) is 13.2 Å². The van der Waals surface area contributed by atoms with Gasteiger partial charge in [0, 0.05) is 44.0 Å². The number of amides is 1. The SMILES string of the molecule is CSc1nc(-c2cccc(NS(=O)(=O)CCN3CCN(C)CC3)c2)c2c(N)c(C(N)=O)sc2n1. The molecule has 0 saturated carbocycles. The summed E-state index contributed by atoms with van der Waals surface area (Å²) < 4.78 is 28.2. The van der Waals surface area contributed by atoms with Gasteiger partial charge in [-0.1, -0.05) is 23.9 Å². The number of hydrogen-bond donors (Lipinski definition) is 3. The van der Waals surface area contributed by atoms with Crippen molar-refractivity contribution >= 4 is 60.6 Å². The van der Waals surface area contributed by atoms with Gasteiger partial charge in [-0.2, -0.15) is 0 Å². The molecule has 4 rings (SSSR count). The average Bonchev–Trinajstić information content (AvgIpc) is 3.14. The van der Waals surface area contributed by atoms with E-state index in [1.807, 2.05) is 12.3 Å². The molecule has 1 saturated heterocycles. The molecule has 1 fully saturated rings. The summed E-state index contributed by atoms with van der Waals surface area (Å²) in [6.07, 6.45) is 1.85. The lowest BCUT2D eigenvalue weighted by Gasteiger charge is -2.32. The van der Waals surface area contributed by atoms with Gasteiger partial charge in [0.05, 0.1) is 22.5 Å². The van der Waals surface area contributed by atoms with Gasteiger partial charge in [0.1, 0.15) is 9.71 Å². The summed E-state index contributed by atoms with van der Waals surface area (Å²) in [6, 6.07) is 6.96. The lowest BCUT2D eigenvalue weighted by molar-refractivity contribution is 0.100. The largest absolute Gasteiger partial charge is 0.397 e. The predicted molar refractivity (Wildman–Crippen MR) is 139 cm³/mol. The number of hydrogen-bond acceptors (Lipinski definition) is 10. The highest BCUT2D eigenvalue weighted by atomic mass is 32.2. The number of nitrogen functional groups attached to an aromatic ring is 1. The minimum Gasteiger partial charge on any atom is -0.397 e. The first kappa shape index (κ1) is 24.7. The van der Waals surface area contributed by atoms with Crippen LogP contribution in [0, 0.1) is 0 Å². The van der Waals surface area contributed by atoms with Crippen LogP contribution in [0.3, 0.4) is 0 Å². The zero-order valence-electron chi connectivity index (χ0n) is 18.9. The Hall–Kier alpha value is -2.45. The molecule has 1 aliphatic rings. The van der Waals surface area contributed by atoms with Gasteiger partial charge in [0.25, 0.3) is 5.91 Å². The van der Waals surface area contributed by atoms with Crippen molar-refractivity contribution in [3.05, 3.63) is 29.1 Å². The normalized spacial score (nSPS) is 15.6. The van der Waals surface area contributed by atoms with Crippen LogP contribution >= 0.6 is 23.1 Å². The molecule has 1 amide bonds. The quantitative estimate of drug-likeness (QED) is 0.298. The Bertz CT molecular complexity index is 1320. The molecule has 0 spiro atoms. The van der Waals surface area contributed by atoms with Crippen LogP contribution in [-0.4, -0.2) is 85.9 Å². The van der Waals surface area contributed by atoms with Gasteiger partial charge in [-0.05, 0) is 25.4 Å². The standard InChI is InChI=1S/C21H27N7O3S3/c1-27-6-8-28(9-7-27)10-11-34(30,31)26-14-5-3-4-13(12-14)17-15-16(22)18(19(23)29)33-20(15)25-21(24-17)32-2/h3-5,12,26H,6-11,22H2,1-2H3,(H2,23,29). The summed E-state index contributed by atoms with van der Waals surface area (Å²) >= 11 is 2.48. The summed E-state index contributed by atoms with van der Waals surface area (Å²) in [7, 11) is -1.48. The first-order chi connectivity index (χ1) is 16.2. The fourth-order valence-corrected chi connectivity index (χ4v) is 6.22. The maximum Gasteiger partial charge on any atom is 0.260 e. The Balaban J connectivity index is 1.60. The summed E-state index contributed by atoms with van der Waals surface area (Å²) in [5.74, 6) is -0.617. The summed E-state index contributed by atoms with van der Waals surface area (Å²) in [4.78, 5) is 26.0. The number of anilines is 2. The number of nitrogens with two attached hydrogens (primary N) is 2. The van der Waals surface area contributed by atoms with E-state index in [0.717, 1.165) is 37.5 Å². The third-order valence-corrected chi connectivity index (χ3v) is 8.58. The van der Waals surface area contributed by atoms with E-state index in [2.05, 4.69) is 31.5 Å². The molecule has 3 heterocycles. The molecule has 0 bridgehead atoms. The van der Waals surface area contributed by atoms with E-state index in [4.69, 9.17) is 11.5 Å². The van der Waals surface area contributed by atoms with Crippen molar-refractivity contribution in [2.45, 2.75) is 5.16 Å². The van der Waals surface area contributed by atoms with Gasteiger partial charge in [-0.15, -0.1) is 11.3 Å². The van der Waals surface area contributed by atoms with Gasteiger partial charge < -0.3 is 16.4 Å². The van der Waals surface area contributed by atoms with Crippen molar-refractivity contribution in [2.24, 2.45) is 5.73 Å². The Labute approximate surface area is 206 Å². The number of piperazine rings is 1. The number of carbonyl (C=O) groups is 1. The van der Waals surface area contributed by atoms with Gasteiger partial charge in [0.15, 0.2) is 5.16 Å². The molecule has 0 aliphatic carbocycles. The molecule has 2 aromatic heterocycles. The number of rotatable bonds is 8. The maximum atomic E-state index is 12.8. The molecule has 1 aliphatic heterocycles. The van der Waals surface area contributed by atoms with Gasteiger partial charge >= 0.3 is 0 Å². The third-order valence-electron chi connectivity index (χ3n) is 5.66. The molecule has 34 heavy (non-hydrogen) atoms. The lowest BCUT2D eigenvalue weighted by atomic mass is 10.1. The number of nitrogens with zero attached hydrogens (tertiary/aromatic N) is 4. The molecule has 0 unspecified atom stereocenters. The number of carbonyl (C=O) groups excluding carboxylic acids is 1. The molecule has 10 nitrogen and oxygen atoms in total. The predicted octanol–water partition coefficient (Wildman–Crippen LogP) is 1.75. The van der Waals surface area contributed by atoms with Crippen LogP contribution in [0.15, 0.2) is 29.4 Å². The molecule has 182 valence electrons. The highest BCUT2D eigenvalue weighted by Crippen LogP contribution is 2.39. The number of primary amides is 1. The lowest BCUT2D eigenvalue weighted by Crippen LogP contribution is -2.46. The number of thiophene rings is 1. The Morgan fingerprint density at radius 3 is 2.65 bits per heavy atom. The van der Waals surface area contributed by atoms with Gasteiger partial charge in [-0.25, -0.2) is 18.4 Å². The number of aromatic nitrogens is 2. The molecule has 0 atom stereocenters. The second kappa shape index (κ2) is 10.0. The highest BCUT2D eigenvalue weighted by molar-refractivity contribution is 7.98. The van der Waals surface area contributed by atoms with Crippen molar-refractivity contribution in [1.29, 1.82) is 0 Å². The molecule has 0 radical (unpaired) electrons. The Morgan fingerprint density at radius 2 is 1.97 bits per heavy atom. The van der Waals surface area contributed by atoms with Crippen LogP contribution in [0.5, 0.6) is 0 Å². The van der Waals surface area contributed by atoms with E-state index in [1.165, 1.54) is 11.8 Å². The summed E-state index contributed by atoms with van der Waals surface area (Å²) in [5, 5.41) is 1.05. The molecule has 5 N–H and O–H groups in total. The highest BCUT2D eigenvalue weighted by Gasteiger charge is 2.22.